The molecule has 136 valence electrons. The van der Waals surface area contributed by atoms with Gasteiger partial charge in [0.2, 0.25) is 5.91 Å². The van der Waals surface area contributed by atoms with Crippen LogP contribution in [0.15, 0.2) is 55.2 Å². The van der Waals surface area contributed by atoms with Crippen LogP contribution >= 0.6 is 0 Å². The molecule has 1 heterocycles. The molecule has 0 saturated heterocycles. The number of hydrogen-bond acceptors (Lipinski definition) is 2. The van der Waals surface area contributed by atoms with Gasteiger partial charge in [-0.05, 0) is 35.4 Å². The summed E-state index contributed by atoms with van der Waals surface area (Å²) in [5.74, 6) is -0.670. The Morgan fingerprint density at radius 1 is 1.22 bits per heavy atom. The van der Waals surface area contributed by atoms with E-state index in [1.165, 1.54) is 6.07 Å². The third kappa shape index (κ3) is 3.55. The van der Waals surface area contributed by atoms with Gasteiger partial charge in [0.05, 0.1) is 11.1 Å². The molecule has 0 radical (unpaired) electrons. The predicted molar refractivity (Wildman–Crippen MR) is 95.4 cm³/mol. The number of carbonyl (C=O) groups is 1. The third-order valence-electron chi connectivity index (χ3n) is 4.25. The van der Waals surface area contributed by atoms with Crippen LogP contribution < -0.4 is 5.73 Å². The third-order valence-corrected chi connectivity index (χ3v) is 4.25. The molecule has 0 saturated carbocycles. The van der Waals surface area contributed by atoms with Gasteiger partial charge in [0.15, 0.2) is 0 Å². The molecule has 7 heteroatoms. The van der Waals surface area contributed by atoms with Crippen LogP contribution in [0.4, 0.5) is 13.2 Å². The number of halogens is 3. The fraction of sp³-hybridized carbons (Fsp3) is 0.100. The summed E-state index contributed by atoms with van der Waals surface area (Å²) in [5, 5.41) is 9.95. The number of primary amides is 1. The Labute approximate surface area is 152 Å². The highest BCUT2D eigenvalue weighted by molar-refractivity contribution is 6.18. The van der Waals surface area contributed by atoms with Crippen LogP contribution in [-0.4, -0.2) is 10.5 Å². The van der Waals surface area contributed by atoms with Crippen molar-refractivity contribution in [1.29, 1.82) is 5.26 Å². The average molecular weight is 369 g/mol. The average Bonchev–Trinajstić information content (AvgIpc) is 2.97. The van der Waals surface area contributed by atoms with Crippen molar-refractivity contribution in [3.8, 4) is 6.07 Å². The topological polar surface area (TPSA) is 71.8 Å². The standard InChI is InChI=1S/C20H14F3N3O/c1-12(19(25)27)14-5-6-18-17(8-14)15(9-24)11-26(18)10-13-3-2-4-16(7-13)20(21,22)23/h2-8,11H,1,10H2,(H2,25,27). The first-order valence-corrected chi connectivity index (χ1v) is 7.89. The number of amides is 1. The summed E-state index contributed by atoms with van der Waals surface area (Å²) < 4.78 is 40.4. The van der Waals surface area contributed by atoms with Gasteiger partial charge in [0.25, 0.3) is 0 Å². The van der Waals surface area contributed by atoms with Gasteiger partial charge >= 0.3 is 6.18 Å². The molecule has 27 heavy (non-hydrogen) atoms. The van der Waals surface area contributed by atoms with E-state index in [-0.39, 0.29) is 12.1 Å². The normalized spacial score (nSPS) is 11.3. The second-order valence-corrected chi connectivity index (χ2v) is 6.06. The number of benzene rings is 2. The molecule has 0 spiro atoms. The fourth-order valence-electron chi connectivity index (χ4n) is 2.89. The molecule has 0 bridgehead atoms. The summed E-state index contributed by atoms with van der Waals surface area (Å²) >= 11 is 0. The van der Waals surface area contributed by atoms with Crippen molar-refractivity contribution in [2.45, 2.75) is 12.7 Å². The van der Waals surface area contributed by atoms with Gasteiger partial charge in [0.1, 0.15) is 6.07 Å². The zero-order valence-electron chi connectivity index (χ0n) is 14.0. The SMILES string of the molecule is C=C(C(N)=O)c1ccc2c(c1)c(C#N)cn2Cc1cccc(C(F)(F)F)c1. The Balaban J connectivity index is 2.05. The van der Waals surface area contributed by atoms with Crippen molar-refractivity contribution in [3.63, 3.8) is 0 Å². The smallest absolute Gasteiger partial charge is 0.366 e. The molecule has 3 aromatic rings. The van der Waals surface area contributed by atoms with Crippen LogP contribution in [0.25, 0.3) is 16.5 Å². The number of nitrogens with zero attached hydrogens (tertiary/aromatic N) is 2. The molecular weight excluding hydrogens is 355 g/mol. The lowest BCUT2D eigenvalue weighted by Crippen LogP contribution is -2.11. The van der Waals surface area contributed by atoms with Crippen molar-refractivity contribution >= 4 is 22.4 Å². The number of carbonyl (C=O) groups excluding carboxylic acids is 1. The van der Waals surface area contributed by atoms with E-state index in [9.17, 15) is 23.2 Å². The molecule has 0 fully saturated rings. The number of alkyl halides is 3. The first kappa shape index (κ1) is 18.3. The molecule has 0 unspecified atom stereocenters. The van der Waals surface area contributed by atoms with E-state index >= 15 is 0 Å². The number of hydrogen-bond donors (Lipinski definition) is 1. The van der Waals surface area contributed by atoms with Crippen molar-refractivity contribution in [3.05, 3.63) is 77.5 Å². The summed E-state index contributed by atoms with van der Waals surface area (Å²) in [6.07, 6.45) is -2.85. The molecule has 0 aliphatic carbocycles. The van der Waals surface area contributed by atoms with E-state index in [2.05, 4.69) is 12.6 Å². The molecule has 0 atom stereocenters. The monoisotopic (exact) mass is 369 g/mol. The maximum atomic E-state index is 12.9. The van der Waals surface area contributed by atoms with Crippen molar-refractivity contribution < 1.29 is 18.0 Å². The van der Waals surface area contributed by atoms with Crippen LogP contribution in [0.3, 0.4) is 0 Å². The second-order valence-electron chi connectivity index (χ2n) is 6.06. The van der Waals surface area contributed by atoms with Crippen LogP contribution in [0, 0.1) is 11.3 Å². The zero-order chi connectivity index (χ0) is 19.8. The molecule has 1 aromatic heterocycles. The summed E-state index contributed by atoms with van der Waals surface area (Å²) in [4.78, 5) is 11.3. The number of nitrogens with two attached hydrogens (primary N) is 1. The van der Waals surface area contributed by atoms with Crippen LogP contribution in [-0.2, 0) is 17.5 Å². The van der Waals surface area contributed by atoms with Gasteiger partial charge in [-0.25, -0.2) is 0 Å². The van der Waals surface area contributed by atoms with E-state index in [1.807, 2.05) is 0 Å². The lowest BCUT2D eigenvalue weighted by atomic mass is 10.0. The van der Waals surface area contributed by atoms with E-state index < -0.39 is 17.6 Å². The first-order valence-electron chi connectivity index (χ1n) is 7.89. The first-order chi connectivity index (χ1) is 12.7. The van der Waals surface area contributed by atoms with Gasteiger partial charge in [-0.3, -0.25) is 4.79 Å². The minimum absolute atomic E-state index is 0.117. The van der Waals surface area contributed by atoms with Crippen LogP contribution in [0.1, 0.15) is 22.3 Å². The number of rotatable bonds is 4. The lowest BCUT2D eigenvalue weighted by molar-refractivity contribution is -0.137. The Kier molecular flexibility index (Phi) is 4.50. The van der Waals surface area contributed by atoms with Crippen molar-refractivity contribution in [2.75, 3.05) is 0 Å². The molecule has 3 rings (SSSR count). The van der Waals surface area contributed by atoms with E-state index in [0.717, 1.165) is 12.1 Å². The number of nitriles is 1. The van der Waals surface area contributed by atoms with Crippen LogP contribution in [0.5, 0.6) is 0 Å². The highest BCUT2D eigenvalue weighted by Crippen LogP contribution is 2.30. The molecule has 4 nitrogen and oxygen atoms in total. The second kappa shape index (κ2) is 6.65. The molecule has 0 aliphatic rings. The van der Waals surface area contributed by atoms with Crippen molar-refractivity contribution in [2.24, 2.45) is 5.73 Å². The Morgan fingerprint density at radius 2 is 1.96 bits per heavy atom. The molecule has 0 aliphatic heterocycles. The molecule has 1 amide bonds. The van der Waals surface area contributed by atoms with Crippen LogP contribution in [0.2, 0.25) is 0 Å². The Morgan fingerprint density at radius 3 is 2.59 bits per heavy atom. The lowest BCUT2D eigenvalue weighted by Gasteiger charge is -2.10. The summed E-state index contributed by atoms with van der Waals surface area (Å²) in [6.45, 7) is 3.79. The van der Waals surface area contributed by atoms with Gasteiger partial charge in [-0.2, -0.15) is 18.4 Å². The van der Waals surface area contributed by atoms with E-state index in [0.29, 0.717) is 27.6 Å². The summed E-state index contributed by atoms with van der Waals surface area (Å²) in [6, 6.07) is 12.1. The Hall–Kier alpha value is -3.53. The summed E-state index contributed by atoms with van der Waals surface area (Å²) in [7, 11) is 0. The fourth-order valence-corrected chi connectivity index (χ4v) is 2.89. The van der Waals surface area contributed by atoms with Gasteiger partial charge in [-0.1, -0.05) is 24.8 Å². The van der Waals surface area contributed by atoms with Gasteiger partial charge < -0.3 is 10.3 Å². The molecular formula is C20H14F3N3O. The molecule has 2 aromatic carbocycles. The number of fused-ring (bicyclic) bond motifs is 1. The maximum Gasteiger partial charge on any atom is 0.416 e. The van der Waals surface area contributed by atoms with Gasteiger partial charge in [0, 0.05) is 29.2 Å². The maximum absolute atomic E-state index is 12.9. The predicted octanol–water partition coefficient (Wildman–Crippen LogP) is 4.08. The highest BCUT2D eigenvalue weighted by Gasteiger charge is 2.30. The number of aromatic nitrogens is 1. The minimum Gasteiger partial charge on any atom is -0.366 e. The minimum atomic E-state index is -4.42. The highest BCUT2D eigenvalue weighted by atomic mass is 19.4. The molecule has 2 N–H and O–H groups in total. The summed E-state index contributed by atoms with van der Waals surface area (Å²) in [5.41, 5.74) is 6.58. The van der Waals surface area contributed by atoms with Gasteiger partial charge in [-0.15, -0.1) is 0 Å². The van der Waals surface area contributed by atoms with E-state index in [1.54, 1.807) is 35.0 Å². The van der Waals surface area contributed by atoms with E-state index in [4.69, 9.17) is 5.73 Å². The Bertz CT molecular complexity index is 1100. The van der Waals surface area contributed by atoms with Crippen molar-refractivity contribution in [1.82, 2.24) is 4.57 Å². The quantitative estimate of drug-likeness (QED) is 0.704. The largest absolute Gasteiger partial charge is 0.416 e. The zero-order valence-corrected chi connectivity index (χ0v) is 14.0.